The van der Waals surface area contributed by atoms with Crippen molar-refractivity contribution < 1.29 is 23.8 Å². The lowest BCUT2D eigenvalue weighted by atomic mass is 10.0. The van der Waals surface area contributed by atoms with Crippen molar-refractivity contribution in [2.24, 2.45) is 0 Å². The fourth-order valence-electron chi connectivity index (χ4n) is 1.90. The zero-order valence-corrected chi connectivity index (χ0v) is 13.1. The van der Waals surface area contributed by atoms with Gasteiger partial charge in [-0.2, -0.15) is 0 Å². The Hall–Kier alpha value is -2.11. The summed E-state index contributed by atoms with van der Waals surface area (Å²) < 4.78 is 18.5. The van der Waals surface area contributed by atoms with Crippen LogP contribution in [0.1, 0.15) is 39.2 Å². The third-order valence-corrected chi connectivity index (χ3v) is 2.89. The molecule has 0 bridgehead atoms. The van der Waals surface area contributed by atoms with E-state index in [0.29, 0.717) is 18.4 Å². The standard InChI is InChI=1S/C16H22FNO4/c1-16(2,3)22-15(21)18-13(14(19)20)10-6-8-11-7-4-5-9-12(11)17/h4-5,7,9,13H,6,8,10H2,1-3H3,(H,18,21)(H,19,20)/t13-/m0/s1. The molecule has 5 nitrogen and oxygen atoms in total. The number of hydrogen-bond donors (Lipinski definition) is 2. The number of carbonyl (C=O) groups excluding carboxylic acids is 1. The first-order chi connectivity index (χ1) is 10.2. The fourth-order valence-corrected chi connectivity index (χ4v) is 1.90. The summed E-state index contributed by atoms with van der Waals surface area (Å²) in [5.41, 5.74) is -0.163. The SMILES string of the molecule is CC(C)(C)OC(=O)N[C@@H](CCCc1ccccc1F)C(=O)O. The highest BCUT2D eigenvalue weighted by molar-refractivity contribution is 5.79. The number of rotatable bonds is 6. The second-order valence-corrected chi connectivity index (χ2v) is 6.02. The average molecular weight is 311 g/mol. The molecule has 0 saturated carbocycles. The van der Waals surface area contributed by atoms with Crippen molar-refractivity contribution in [3.8, 4) is 0 Å². The van der Waals surface area contributed by atoms with Gasteiger partial charge in [0, 0.05) is 0 Å². The number of aryl methyl sites for hydroxylation is 1. The molecule has 6 heteroatoms. The highest BCUT2D eigenvalue weighted by atomic mass is 19.1. The summed E-state index contributed by atoms with van der Waals surface area (Å²) in [6.45, 7) is 5.08. The number of halogens is 1. The minimum atomic E-state index is -1.14. The molecule has 2 N–H and O–H groups in total. The van der Waals surface area contributed by atoms with E-state index in [1.807, 2.05) is 0 Å². The largest absolute Gasteiger partial charge is 0.480 e. The van der Waals surface area contributed by atoms with Crippen molar-refractivity contribution in [3.05, 3.63) is 35.6 Å². The van der Waals surface area contributed by atoms with Gasteiger partial charge in [0.1, 0.15) is 17.5 Å². The van der Waals surface area contributed by atoms with E-state index >= 15 is 0 Å². The summed E-state index contributed by atoms with van der Waals surface area (Å²) in [6.07, 6.45) is 0.272. The molecule has 0 aliphatic heterocycles. The van der Waals surface area contributed by atoms with Gasteiger partial charge in [0.25, 0.3) is 0 Å². The molecule has 0 spiro atoms. The molecule has 0 aliphatic carbocycles. The number of benzene rings is 1. The van der Waals surface area contributed by atoms with Gasteiger partial charge in [0.15, 0.2) is 0 Å². The third kappa shape index (κ3) is 6.56. The average Bonchev–Trinajstić information content (AvgIpc) is 2.37. The van der Waals surface area contributed by atoms with Gasteiger partial charge in [-0.15, -0.1) is 0 Å². The van der Waals surface area contributed by atoms with Crippen molar-refractivity contribution in [2.45, 2.75) is 51.7 Å². The monoisotopic (exact) mass is 311 g/mol. The Balaban J connectivity index is 2.50. The molecule has 1 aromatic rings. The molecule has 0 aliphatic rings. The number of carboxylic acids is 1. The van der Waals surface area contributed by atoms with Crippen LogP contribution >= 0.6 is 0 Å². The van der Waals surface area contributed by atoms with Crippen LogP contribution in [0.3, 0.4) is 0 Å². The van der Waals surface area contributed by atoms with Gasteiger partial charge in [0.05, 0.1) is 0 Å². The van der Waals surface area contributed by atoms with Crippen LogP contribution < -0.4 is 5.32 Å². The van der Waals surface area contributed by atoms with E-state index in [1.54, 1.807) is 39.0 Å². The van der Waals surface area contributed by atoms with E-state index in [2.05, 4.69) is 5.32 Å². The molecule has 1 rings (SSSR count). The van der Waals surface area contributed by atoms with Crippen LogP contribution in [-0.4, -0.2) is 28.8 Å². The van der Waals surface area contributed by atoms with Gasteiger partial charge in [-0.05, 0) is 51.7 Å². The summed E-state index contributed by atoms with van der Waals surface area (Å²) in [7, 11) is 0. The van der Waals surface area contributed by atoms with Crippen LogP contribution in [0.5, 0.6) is 0 Å². The molecule has 22 heavy (non-hydrogen) atoms. The maximum Gasteiger partial charge on any atom is 0.408 e. The predicted molar refractivity (Wildman–Crippen MR) is 80.1 cm³/mol. The van der Waals surface area contributed by atoms with Gasteiger partial charge in [-0.3, -0.25) is 0 Å². The molecule has 0 heterocycles. The van der Waals surface area contributed by atoms with Crippen molar-refractivity contribution in [1.82, 2.24) is 5.32 Å². The van der Waals surface area contributed by atoms with E-state index in [1.165, 1.54) is 6.07 Å². The summed E-state index contributed by atoms with van der Waals surface area (Å²) in [6, 6.07) is 5.30. The lowest BCUT2D eigenvalue weighted by Gasteiger charge is -2.22. The Kier molecular flexibility index (Phi) is 6.34. The number of amides is 1. The van der Waals surface area contributed by atoms with E-state index in [-0.39, 0.29) is 12.2 Å². The molecule has 0 saturated heterocycles. The van der Waals surface area contributed by atoms with Crippen LogP contribution in [0, 0.1) is 5.82 Å². The first-order valence-corrected chi connectivity index (χ1v) is 7.15. The summed E-state index contributed by atoms with van der Waals surface area (Å²) in [4.78, 5) is 22.8. The van der Waals surface area contributed by atoms with Crippen LogP contribution in [0.15, 0.2) is 24.3 Å². The Morgan fingerprint density at radius 1 is 1.32 bits per heavy atom. The Bertz CT molecular complexity index is 525. The molecule has 0 radical (unpaired) electrons. The molecule has 1 atom stereocenters. The van der Waals surface area contributed by atoms with Crippen molar-refractivity contribution in [3.63, 3.8) is 0 Å². The zero-order chi connectivity index (χ0) is 16.8. The Morgan fingerprint density at radius 2 is 1.95 bits per heavy atom. The zero-order valence-electron chi connectivity index (χ0n) is 13.1. The summed E-state index contributed by atoms with van der Waals surface area (Å²) in [5.74, 6) is -1.45. The minimum Gasteiger partial charge on any atom is -0.480 e. The van der Waals surface area contributed by atoms with Crippen molar-refractivity contribution in [1.29, 1.82) is 0 Å². The number of carboxylic acid groups (broad SMARTS) is 1. The Morgan fingerprint density at radius 3 is 2.50 bits per heavy atom. The molecule has 0 fully saturated rings. The van der Waals surface area contributed by atoms with Gasteiger partial charge in [0.2, 0.25) is 0 Å². The number of carbonyl (C=O) groups is 2. The highest BCUT2D eigenvalue weighted by Gasteiger charge is 2.23. The van der Waals surface area contributed by atoms with E-state index in [4.69, 9.17) is 9.84 Å². The summed E-state index contributed by atoms with van der Waals surface area (Å²) in [5, 5.41) is 11.4. The number of alkyl carbamates (subject to hydrolysis) is 1. The molecule has 1 aromatic carbocycles. The lowest BCUT2D eigenvalue weighted by Crippen LogP contribution is -2.43. The molecule has 0 aromatic heterocycles. The molecular formula is C16H22FNO4. The highest BCUT2D eigenvalue weighted by Crippen LogP contribution is 2.12. The number of nitrogens with one attached hydrogen (secondary N) is 1. The topological polar surface area (TPSA) is 75.6 Å². The predicted octanol–water partition coefficient (Wildman–Crippen LogP) is 3.13. The second kappa shape index (κ2) is 7.77. The smallest absolute Gasteiger partial charge is 0.408 e. The molecule has 122 valence electrons. The van der Waals surface area contributed by atoms with Gasteiger partial charge in [-0.1, -0.05) is 18.2 Å². The quantitative estimate of drug-likeness (QED) is 0.846. The first kappa shape index (κ1) is 17.9. The van der Waals surface area contributed by atoms with Gasteiger partial charge in [-0.25, -0.2) is 14.0 Å². The molecule has 1 amide bonds. The third-order valence-electron chi connectivity index (χ3n) is 2.89. The van der Waals surface area contributed by atoms with Gasteiger partial charge < -0.3 is 15.2 Å². The van der Waals surface area contributed by atoms with Crippen molar-refractivity contribution in [2.75, 3.05) is 0 Å². The first-order valence-electron chi connectivity index (χ1n) is 7.15. The van der Waals surface area contributed by atoms with Crippen LogP contribution in [0.25, 0.3) is 0 Å². The summed E-state index contributed by atoms with van der Waals surface area (Å²) >= 11 is 0. The molecule has 0 unspecified atom stereocenters. The fraction of sp³-hybridized carbons (Fsp3) is 0.500. The van der Waals surface area contributed by atoms with E-state index in [0.717, 1.165) is 0 Å². The minimum absolute atomic E-state index is 0.197. The van der Waals surface area contributed by atoms with E-state index < -0.39 is 23.7 Å². The van der Waals surface area contributed by atoms with Crippen molar-refractivity contribution >= 4 is 12.1 Å². The second-order valence-electron chi connectivity index (χ2n) is 6.02. The number of aliphatic carboxylic acids is 1. The lowest BCUT2D eigenvalue weighted by molar-refractivity contribution is -0.139. The van der Waals surface area contributed by atoms with Crippen LogP contribution in [0.2, 0.25) is 0 Å². The normalized spacial score (nSPS) is 12.5. The number of hydrogen-bond acceptors (Lipinski definition) is 3. The maximum atomic E-state index is 13.5. The molecular weight excluding hydrogens is 289 g/mol. The van der Waals surface area contributed by atoms with Gasteiger partial charge >= 0.3 is 12.1 Å². The maximum absolute atomic E-state index is 13.5. The van der Waals surface area contributed by atoms with Crippen LogP contribution in [0.4, 0.5) is 9.18 Å². The van der Waals surface area contributed by atoms with Crippen LogP contribution in [-0.2, 0) is 16.0 Å². The van der Waals surface area contributed by atoms with E-state index in [9.17, 15) is 14.0 Å². The Labute approximate surface area is 129 Å². The number of ether oxygens (including phenoxy) is 1.